The van der Waals surface area contributed by atoms with Crippen molar-refractivity contribution in [2.45, 2.75) is 37.6 Å². The molecule has 0 heterocycles. The zero-order valence-electron chi connectivity index (χ0n) is 7.02. The number of carbonyl (C=O) groups is 1. The third-order valence-corrected chi connectivity index (χ3v) is 2.39. The predicted octanol–water partition coefficient (Wildman–Crippen LogP) is 0.394. The van der Waals surface area contributed by atoms with Gasteiger partial charge in [-0.3, -0.25) is 4.79 Å². The monoisotopic (exact) mass is 156 g/mol. The highest BCUT2D eigenvalue weighted by atomic mass is 16.1. The van der Waals surface area contributed by atoms with Crippen LogP contribution >= 0.6 is 0 Å². The molecule has 11 heavy (non-hydrogen) atoms. The molecule has 0 aromatic rings. The number of rotatable bonds is 2. The van der Waals surface area contributed by atoms with Crippen LogP contribution in [0.1, 0.15) is 32.1 Å². The molecule has 0 unspecified atom stereocenters. The Kier molecular flexibility index (Phi) is 2.49. The molecule has 0 aromatic carbocycles. The molecule has 1 saturated carbocycles. The second kappa shape index (κ2) is 3.22. The van der Waals surface area contributed by atoms with Crippen LogP contribution in [0.4, 0.5) is 0 Å². The molecule has 0 atom stereocenters. The van der Waals surface area contributed by atoms with Gasteiger partial charge in [0, 0.05) is 19.0 Å². The summed E-state index contributed by atoms with van der Waals surface area (Å²) < 4.78 is 0. The van der Waals surface area contributed by atoms with Crippen LogP contribution in [0.3, 0.4) is 0 Å². The molecular weight excluding hydrogens is 140 g/mol. The van der Waals surface area contributed by atoms with E-state index < -0.39 is 0 Å². The molecule has 0 bridgehead atoms. The Labute approximate surface area is 67.3 Å². The predicted molar refractivity (Wildman–Crippen MR) is 44.1 cm³/mol. The van der Waals surface area contributed by atoms with Crippen LogP contribution < -0.4 is 11.1 Å². The molecule has 0 saturated heterocycles. The summed E-state index contributed by atoms with van der Waals surface area (Å²) in [5.74, 6) is 0.0643. The van der Waals surface area contributed by atoms with E-state index in [-0.39, 0.29) is 11.4 Å². The van der Waals surface area contributed by atoms with E-state index in [0.717, 1.165) is 12.8 Å². The minimum absolute atomic E-state index is 0.0643. The number of amides is 1. The lowest BCUT2D eigenvalue weighted by Gasteiger charge is -2.21. The smallest absolute Gasteiger partial charge is 0.221 e. The van der Waals surface area contributed by atoms with Crippen molar-refractivity contribution < 1.29 is 4.79 Å². The van der Waals surface area contributed by atoms with Crippen molar-refractivity contribution >= 4 is 5.91 Å². The zero-order valence-corrected chi connectivity index (χ0v) is 7.02. The van der Waals surface area contributed by atoms with E-state index in [1.54, 1.807) is 7.05 Å². The van der Waals surface area contributed by atoms with Crippen LogP contribution in [0, 0.1) is 0 Å². The lowest BCUT2D eigenvalue weighted by atomic mass is 9.94. The summed E-state index contributed by atoms with van der Waals surface area (Å²) in [6.07, 6.45) is 4.84. The van der Waals surface area contributed by atoms with Crippen molar-refractivity contribution in [3.63, 3.8) is 0 Å². The maximum Gasteiger partial charge on any atom is 0.221 e. The first kappa shape index (κ1) is 8.53. The summed E-state index contributed by atoms with van der Waals surface area (Å²) in [6, 6.07) is 0. The van der Waals surface area contributed by atoms with E-state index in [0.29, 0.717) is 6.42 Å². The quantitative estimate of drug-likeness (QED) is 0.608. The molecule has 0 aliphatic heterocycles. The average Bonchev–Trinajstić information content (AvgIpc) is 2.36. The molecule has 1 aliphatic rings. The van der Waals surface area contributed by atoms with E-state index in [2.05, 4.69) is 5.32 Å². The average molecular weight is 156 g/mol. The first-order valence-electron chi connectivity index (χ1n) is 4.16. The zero-order chi connectivity index (χ0) is 8.32. The van der Waals surface area contributed by atoms with Crippen molar-refractivity contribution in [2.75, 3.05) is 7.05 Å². The van der Waals surface area contributed by atoms with Gasteiger partial charge < -0.3 is 11.1 Å². The van der Waals surface area contributed by atoms with E-state index in [1.165, 1.54) is 12.8 Å². The fraction of sp³-hybridized carbons (Fsp3) is 0.875. The van der Waals surface area contributed by atoms with Crippen molar-refractivity contribution in [1.29, 1.82) is 0 Å². The van der Waals surface area contributed by atoms with Gasteiger partial charge in [-0.2, -0.15) is 0 Å². The summed E-state index contributed by atoms with van der Waals surface area (Å²) in [4.78, 5) is 11.0. The minimum Gasteiger partial charge on any atom is -0.359 e. The molecule has 1 rings (SSSR count). The minimum atomic E-state index is -0.194. The van der Waals surface area contributed by atoms with Crippen molar-refractivity contribution in [2.24, 2.45) is 5.73 Å². The maximum atomic E-state index is 11.0. The normalized spacial score (nSPS) is 21.6. The lowest BCUT2D eigenvalue weighted by Crippen LogP contribution is -2.41. The van der Waals surface area contributed by atoms with Crippen LogP contribution in [0.15, 0.2) is 0 Å². The van der Waals surface area contributed by atoms with Gasteiger partial charge >= 0.3 is 0 Å². The van der Waals surface area contributed by atoms with Gasteiger partial charge in [0.15, 0.2) is 0 Å². The Bertz CT molecular complexity index is 150. The first-order valence-corrected chi connectivity index (χ1v) is 4.16. The van der Waals surface area contributed by atoms with Gasteiger partial charge in [0.05, 0.1) is 0 Å². The Balaban J connectivity index is 2.39. The molecule has 1 fully saturated rings. The number of carbonyl (C=O) groups excluding carboxylic acids is 1. The Morgan fingerprint density at radius 1 is 1.55 bits per heavy atom. The van der Waals surface area contributed by atoms with Crippen LogP contribution in [-0.4, -0.2) is 18.5 Å². The first-order chi connectivity index (χ1) is 5.16. The van der Waals surface area contributed by atoms with Gasteiger partial charge in [0.25, 0.3) is 0 Å². The number of nitrogens with one attached hydrogen (secondary N) is 1. The third-order valence-electron chi connectivity index (χ3n) is 2.39. The molecule has 3 nitrogen and oxygen atoms in total. The number of nitrogens with two attached hydrogens (primary N) is 1. The fourth-order valence-electron chi connectivity index (χ4n) is 1.66. The number of hydrogen-bond acceptors (Lipinski definition) is 2. The fourth-order valence-corrected chi connectivity index (χ4v) is 1.66. The number of hydrogen-bond donors (Lipinski definition) is 2. The highest BCUT2D eigenvalue weighted by Gasteiger charge is 2.31. The van der Waals surface area contributed by atoms with Gasteiger partial charge in [-0.25, -0.2) is 0 Å². The van der Waals surface area contributed by atoms with Crippen molar-refractivity contribution in [3.05, 3.63) is 0 Å². The van der Waals surface area contributed by atoms with Crippen LogP contribution in [-0.2, 0) is 4.79 Å². The molecular formula is C8H16N2O. The van der Waals surface area contributed by atoms with Crippen LogP contribution in [0.2, 0.25) is 0 Å². The topological polar surface area (TPSA) is 55.1 Å². The van der Waals surface area contributed by atoms with Gasteiger partial charge in [-0.15, -0.1) is 0 Å². The second-order valence-corrected chi connectivity index (χ2v) is 3.42. The molecule has 0 aromatic heterocycles. The second-order valence-electron chi connectivity index (χ2n) is 3.42. The molecule has 3 N–H and O–H groups in total. The highest BCUT2D eigenvalue weighted by Crippen LogP contribution is 2.29. The maximum absolute atomic E-state index is 11.0. The highest BCUT2D eigenvalue weighted by molar-refractivity contribution is 5.76. The largest absolute Gasteiger partial charge is 0.359 e. The van der Waals surface area contributed by atoms with E-state index in [9.17, 15) is 4.79 Å². The third kappa shape index (κ3) is 2.19. The molecule has 0 radical (unpaired) electrons. The molecule has 1 aliphatic carbocycles. The summed E-state index contributed by atoms with van der Waals surface area (Å²) in [7, 11) is 1.65. The SMILES string of the molecule is CNC(=O)CC1(N)CCCC1. The van der Waals surface area contributed by atoms with Crippen LogP contribution in [0.5, 0.6) is 0 Å². The van der Waals surface area contributed by atoms with Gasteiger partial charge in [0.2, 0.25) is 5.91 Å². The van der Waals surface area contributed by atoms with E-state index in [1.807, 2.05) is 0 Å². The summed E-state index contributed by atoms with van der Waals surface area (Å²) >= 11 is 0. The van der Waals surface area contributed by atoms with Gasteiger partial charge in [0.1, 0.15) is 0 Å². The van der Waals surface area contributed by atoms with E-state index >= 15 is 0 Å². The van der Waals surface area contributed by atoms with Gasteiger partial charge in [-0.05, 0) is 12.8 Å². The molecule has 3 heteroatoms. The summed E-state index contributed by atoms with van der Waals surface area (Å²) in [5, 5.41) is 2.60. The van der Waals surface area contributed by atoms with Crippen molar-refractivity contribution in [1.82, 2.24) is 5.32 Å². The Hall–Kier alpha value is -0.570. The van der Waals surface area contributed by atoms with Crippen LogP contribution in [0.25, 0.3) is 0 Å². The standard InChI is InChI=1S/C8H16N2O/c1-10-7(11)6-8(9)4-2-3-5-8/h2-6,9H2,1H3,(H,10,11). The van der Waals surface area contributed by atoms with E-state index in [4.69, 9.17) is 5.73 Å². The molecule has 1 amide bonds. The summed E-state index contributed by atoms with van der Waals surface area (Å²) in [6.45, 7) is 0. The lowest BCUT2D eigenvalue weighted by molar-refractivity contribution is -0.121. The van der Waals surface area contributed by atoms with Crippen molar-refractivity contribution in [3.8, 4) is 0 Å². The summed E-state index contributed by atoms with van der Waals surface area (Å²) in [5.41, 5.74) is 5.78. The molecule has 0 spiro atoms. The molecule has 64 valence electrons. The Morgan fingerprint density at radius 3 is 2.55 bits per heavy atom. The Morgan fingerprint density at radius 2 is 2.09 bits per heavy atom. The van der Waals surface area contributed by atoms with Gasteiger partial charge in [-0.1, -0.05) is 12.8 Å².